The number of fused-ring (bicyclic) bond motifs is 3. The average molecular weight is 410 g/mol. The van der Waals surface area contributed by atoms with Gasteiger partial charge >= 0.3 is 0 Å². The molecule has 2 aliphatic heterocycles. The van der Waals surface area contributed by atoms with Gasteiger partial charge in [0.2, 0.25) is 0 Å². The van der Waals surface area contributed by atoms with Crippen molar-refractivity contribution in [1.29, 1.82) is 0 Å². The van der Waals surface area contributed by atoms with E-state index < -0.39 is 0 Å². The summed E-state index contributed by atoms with van der Waals surface area (Å²) in [6, 6.07) is 11.7. The van der Waals surface area contributed by atoms with E-state index in [1.807, 2.05) is 12.1 Å². The van der Waals surface area contributed by atoms with Crippen molar-refractivity contribution in [2.45, 2.75) is 44.6 Å². The van der Waals surface area contributed by atoms with Crippen LogP contribution in [0, 0.1) is 5.92 Å². The third-order valence-corrected chi connectivity index (χ3v) is 7.22. The molecule has 0 saturated carbocycles. The van der Waals surface area contributed by atoms with Gasteiger partial charge in [0, 0.05) is 31.8 Å². The Morgan fingerprint density at radius 2 is 1.83 bits per heavy atom. The summed E-state index contributed by atoms with van der Waals surface area (Å²) in [5, 5.41) is 9.78. The van der Waals surface area contributed by atoms with E-state index in [0.29, 0.717) is 36.0 Å². The fraction of sp³-hybridized carbons (Fsp3) is 0.480. The number of hydrogen-bond donors (Lipinski definition) is 1. The van der Waals surface area contributed by atoms with E-state index in [-0.39, 0.29) is 17.2 Å². The Kier molecular flexibility index (Phi) is 5.49. The number of carbonyl (C=O) groups excluding carboxylic acids is 1. The molecule has 3 atom stereocenters. The van der Waals surface area contributed by atoms with Gasteiger partial charge in [-0.05, 0) is 46.9 Å². The van der Waals surface area contributed by atoms with E-state index in [9.17, 15) is 9.90 Å². The second-order valence-electron chi connectivity index (χ2n) is 8.58. The number of hydrogen-bond acceptors (Lipinski definition) is 5. The molecule has 160 valence electrons. The van der Waals surface area contributed by atoms with E-state index in [1.165, 1.54) is 11.1 Å². The normalized spacial score (nSPS) is 24.7. The zero-order chi connectivity index (χ0) is 21.5. The molecule has 2 heterocycles. The molecule has 2 aromatic carbocycles. The molecule has 0 aliphatic carbocycles. The minimum absolute atomic E-state index is 0.130. The number of methoxy groups -OCH3 is 2. The number of nitrogens with zero attached hydrogens (tertiary/aromatic N) is 1. The van der Waals surface area contributed by atoms with Gasteiger partial charge in [-0.3, -0.25) is 9.69 Å². The predicted octanol–water partition coefficient (Wildman–Crippen LogP) is 4.46. The molecule has 4 rings (SSSR count). The first-order valence-corrected chi connectivity index (χ1v) is 10.8. The summed E-state index contributed by atoms with van der Waals surface area (Å²) < 4.78 is 11.3. The topological polar surface area (TPSA) is 59.0 Å². The third-order valence-electron chi connectivity index (χ3n) is 7.22. The zero-order valence-corrected chi connectivity index (χ0v) is 18.3. The van der Waals surface area contributed by atoms with Crippen molar-refractivity contribution in [1.82, 2.24) is 4.90 Å². The third kappa shape index (κ3) is 3.16. The fourth-order valence-electron chi connectivity index (χ4n) is 5.44. The molecular formula is C25H31NO4. The quantitative estimate of drug-likeness (QED) is 0.790. The molecule has 3 unspecified atom stereocenters. The molecule has 5 heteroatoms. The monoisotopic (exact) mass is 409 g/mol. The van der Waals surface area contributed by atoms with Gasteiger partial charge in [-0.1, -0.05) is 32.4 Å². The Morgan fingerprint density at radius 1 is 1.17 bits per heavy atom. The Morgan fingerprint density at radius 3 is 2.47 bits per heavy atom. The molecule has 0 amide bonds. The zero-order valence-electron chi connectivity index (χ0n) is 18.3. The predicted molar refractivity (Wildman–Crippen MR) is 116 cm³/mol. The number of phenols is 1. The first kappa shape index (κ1) is 20.7. The molecule has 0 aromatic heterocycles. The number of ketones is 1. The van der Waals surface area contributed by atoms with E-state index in [4.69, 9.17) is 9.47 Å². The van der Waals surface area contributed by atoms with Crippen LogP contribution in [0.15, 0.2) is 36.4 Å². The van der Waals surface area contributed by atoms with Crippen LogP contribution in [0.5, 0.6) is 17.2 Å². The lowest BCUT2D eigenvalue weighted by Gasteiger charge is -2.56. The largest absolute Gasteiger partial charge is 0.508 e. The summed E-state index contributed by atoms with van der Waals surface area (Å²) in [4.78, 5) is 15.2. The number of Topliss-reactive ketones (excluding diaryl/α,β-unsaturated/α-hetero) is 1. The maximum atomic E-state index is 12.7. The average Bonchev–Trinajstić information content (AvgIpc) is 2.77. The number of piperidine rings is 1. The Hall–Kier alpha value is -2.53. The Bertz CT molecular complexity index is 939. The SMILES string of the molecule is CCC(C)C12CC(=O)CCN1CC(c1ccc(O)cc1)c1cc(OC)c(OC)cc12. The summed E-state index contributed by atoms with van der Waals surface area (Å²) in [6.45, 7) is 6.06. The maximum Gasteiger partial charge on any atom is 0.161 e. The van der Waals surface area contributed by atoms with E-state index in [1.54, 1.807) is 26.4 Å². The molecule has 2 aliphatic rings. The summed E-state index contributed by atoms with van der Waals surface area (Å²) in [5.74, 6) is 2.44. The first-order chi connectivity index (χ1) is 14.4. The van der Waals surface area contributed by atoms with Gasteiger partial charge in [0.25, 0.3) is 0 Å². The molecule has 0 bridgehead atoms. The summed E-state index contributed by atoms with van der Waals surface area (Å²) in [6.07, 6.45) is 2.12. The molecule has 30 heavy (non-hydrogen) atoms. The van der Waals surface area contributed by atoms with Crippen molar-refractivity contribution in [2.75, 3.05) is 27.3 Å². The second-order valence-corrected chi connectivity index (χ2v) is 8.58. The standard InChI is InChI=1S/C25H31NO4/c1-5-16(2)25-14-19(28)10-11-26(25)15-21(17-6-8-18(27)9-7-17)20-12-23(29-3)24(30-4)13-22(20)25/h6-9,12-13,16,21,27H,5,10-11,14-15H2,1-4H3. The molecule has 0 radical (unpaired) electrons. The molecule has 0 spiro atoms. The smallest absolute Gasteiger partial charge is 0.161 e. The van der Waals surface area contributed by atoms with Crippen molar-refractivity contribution >= 4 is 5.78 Å². The minimum atomic E-state index is -0.327. The lowest BCUT2D eigenvalue weighted by Crippen LogP contribution is -2.59. The van der Waals surface area contributed by atoms with Crippen LogP contribution in [0.3, 0.4) is 0 Å². The molecular weight excluding hydrogens is 378 g/mol. The number of ether oxygens (including phenoxy) is 2. The van der Waals surface area contributed by atoms with Gasteiger partial charge in [-0.25, -0.2) is 0 Å². The Balaban J connectivity index is 1.98. The fourth-order valence-corrected chi connectivity index (χ4v) is 5.44. The van der Waals surface area contributed by atoms with Gasteiger partial charge in [0.1, 0.15) is 11.5 Å². The van der Waals surface area contributed by atoms with Crippen molar-refractivity contribution in [3.05, 3.63) is 53.1 Å². The maximum absolute atomic E-state index is 12.7. The van der Waals surface area contributed by atoms with Gasteiger partial charge in [0.15, 0.2) is 11.5 Å². The van der Waals surface area contributed by atoms with Crippen LogP contribution >= 0.6 is 0 Å². The van der Waals surface area contributed by atoms with Crippen LogP contribution in [0.4, 0.5) is 0 Å². The van der Waals surface area contributed by atoms with Crippen LogP contribution in [0.25, 0.3) is 0 Å². The highest BCUT2D eigenvalue weighted by atomic mass is 16.5. The highest BCUT2D eigenvalue weighted by Crippen LogP contribution is 2.53. The van der Waals surface area contributed by atoms with Crippen molar-refractivity contribution in [3.8, 4) is 17.2 Å². The van der Waals surface area contributed by atoms with Crippen LogP contribution in [-0.2, 0) is 10.3 Å². The first-order valence-electron chi connectivity index (χ1n) is 10.8. The van der Waals surface area contributed by atoms with Gasteiger partial charge in [-0.2, -0.15) is 0 Å². The van der Waals surface area contributed by atoms with E-state index in [2.05, 4.69) is 30.9 Å². The lowest BCUT2D eigenvalue weighted by molar-refractivity contribution is -0.130. The summed E-state index contributed by atoms with van der Waals surface area (Å²) in [5.41, 5.74) is 3.18. The van der Waals surface area contributed by atoms with E-state index >= 15 is 0 Å². The number of phenolic OH excluding ortho intramolecular Hbond substituents is 1. The van der Waals surface area contributed by atoms with Crippen molar-refractivity contribution in [2.24, 2.45) is 5.92 Å². The highest BCUT2D eigenvalue weighted by Gasteiger charge is 2.52. The van der Waals surface area contributed by atoms with Gasteiger partial charge in [0.05, 0.1) is 19.8 Å². The van der Waals surface area contributed by atoms with Crippen molar-refractivity contribution in [3.63, 3.8) is 0 Å². The van der Waals surface area contributed by atoms with Gasteiger partial charge in [-0.15, -0.1) is 0 Å². The number of benzene rings is 2. The number of rotatable bonds is 5. The lowest BCUT2D eigenvalue weighted by atomic mass is 9.64. The highest BCUT2D eigenvalue weighted by molar-refractivity contribution is 5.81. The van der Waals surface area contributed by atoms with Gasteiger partial charge < -0.3 is 14.6 Å². The second kappa shape index (κ2) is 7.95. The number of carbonyl (C=O) groups is 1. The van der Waals surface area contributed by atoms with E-state index in [0.717, 1.165) is 25.1 Å². The molecule has 1 fully saturated rings. The summed E-state index contributed by atoms with van der Waals surface area (Å²) >= 11 is 0. The summed E-state index contributed by atoms with van der Waals surface area (Å²) in [7, 11) is 3.31. The Labute approximate surface area is 178 Å². The van der Waals surface area contributed by atoms with Crippen LogP contribution in [0.1, 0.15) is 55.7 Å². The van der Waals surface area contributed by atoms with Crippen LogP contribution in [-0.4, -0.2) is 43.1 Å². The number of aromatic hydroxyl groups is 1. The molecule has 2 aromatic rings. The van der Waals surface area contributed by atoms with Crippen LogP contribution in [0.2, 0.25) is 0 Å². The molecule has 1 N–H and O–H groups in total. The van der Waals surface area contributed by atoms with Crippen LogP contribution < -0.4 is 9.47 Å². The molecule has 1 saturated heterocycles. The molecule has 5 nitrogen and oxygen atoms in total. The van der Waals surface area contributed by atoms with Crippen molar-refractivity contribution < 1.29 is 19.4 Å². The minimum Gasteiger partial charge on any atom is -0.508 e.